The number of nitriles is 1. The van der Waals surface area contributed by atoms with E-state index in [-0.39, 0.29) is 51.4 Å². The molecule has 0 aromatic heterocycles. The first-order chi connectivity index (χ1) is 5.33. The molecule has 0 atom stereocenters. The van der Waals surface area contributed by atoms with Gasteiger partial charge in [0.05, 0.1) is 0 Å². The molecule has 2 nitrogen and oxygen atoms in total. The van der Waals surface area contributed by atoms with Gasteiger partial charge in [-0.05, 0) is 12.1 Å². The van der Waals surface area contributed by atoms with Crippen molar-refractivity contribution in [1.82, 2.24) is 0 Å². The standard InChI is InChI=1S/C9H8N2.K.H/c1-8(7-10)11-9-5-3-2-4-6-9;;/h2-6,11H,1H2;;. The molecule has 56 valence electrons. The maximum atomic E-state index is 8.38. The minimum atomic E-state index is 0. The third kappa shape index (κ3) is 4.05. The van der Waals surface area contributed by atoms with E-state index in [1.165, 1.54) is 0 Å². The summed E-state index contributed by atoms with van der Waals surface area (Å²) in [6, 6.07) is 11.4. The molecule has 1 N–H and O–H groups in total. The number of anilines is 1. The van der Waals surface area contributed by atoms with Crippen molar-refractivity contribution in [1.29, 1.82) is 5.26 Å². The predicted octanol–water partition coefficient (Wildman–Crippen LogP) is 1.49. The second-order valence-electron chi connectivity index (χ2n) is 2.08. The van der Waals surface area contributed by atoms with E-state index < -0.39 is 0 Å². The van der Waals surface area contributed by atoms with Gasteiger partial charge in [-0.2, -0.15) is 5.26 Å². The van der Waals surface area contributed by atoms with Gasteiger partial charge >= 0.3 is 51.4 Å². The SMILES string of the molecule is C=C(C#N)Nc1ccccc1.[KH]. The van der Waals surface area contributed by atoms with Crippen LogP contribution < -0.4 is 5.32 Å². The van der Waals surface area contributed by atoms with Crippen LogP contribution in [-0.4, -0.2) is 51.4 Å². The first kappa shape index (κ1) is 11.9. The number of hydrogen-bond donors (Lipinski definition) is 1. The van der Waals surface area contributed by atoms with Gasteiger partial charge in [0.25, 0.3) is 0 Å². The Morgan fingerprint density at radius 3 is 2.42 bits per heavy atom. The number of rotatable bonds is 2. The molecule has 0 spiro atoms. The van der Waals surface area contributed by atoms with Crippen molar-refractivity contribution < 1.29 is 0 Å². The fourth-order valence-corrected chi connectivity index (χ4v) is 0.724. The minimum absolute atomic E-state index is 0. The quantitative estimate of drug-likeness (QED) is 0.558. The van der Waals surface area contributed by atoms with Crippen molar-refractivity contribution in [3.8, 4) is 6.07 Å². The summed E-state index contributed by atoms with van der Waals surface area (Å²) in [5.74, 6) is 0. The van der Waals surface area contributed by atoms with Gasteiger partial charge in [0.1, 0.15) is 11.8 Å². The van der Waals surface area contributed by atoms with Gasteiger partial charge in [-0.15, -0.1) is 0 Å². The average molecular weight is 184 g/mol. The van der Waals surface area contributed by atoms with Crippen LogP contribution in [0.15, 0.2) is 42.6 Å². The molecular formula is C9H9KN2. The summed E-state index contributed by atoms with van der Waals surface area (Å²) in [6.07, 6.45) is 0. The molecule has 0 aliphatic carbocycles. The average Bonchev–Trinajstić information content (AvgIpc) is 2.06. The number of nitrogens with zero attached hydrogens (tertiary/aromatic N) is 1. The number of para-hydroxylation sites is 1. The fraction of sp³-hybridized carbons (Fsp3) is 0. The number of nitrogens with one attached hydrogen (secondary N) is 1. The number of benzene rings is 1. The molecule has 1 aromatic rings. The topological polar surface area (TPSA) is 35.8 Å². The summed E-state index contributed by atoms with van der Waals surface area (Å²) in [6.45, 7) is 3.50. The van der Waals surface area contributed by atoms with E-state index in [0.29, 0.717) is 5.70 Å². The van der Waals surface area contributed by atoms with Crippen LogP contribution in [-0.2, 0) is 0 Å². The maximum absolute atomic E-state index is 8.38. The zero-order valence-electron chi connectivity index (χ0n) is 6.04. The van der Waals surface area contributed by atoms with Gasteiger partial charge in [-0.1, -0.05) is 24.8 Å². The van der Waals surface area contributed by atoms with Gasteiger partial charge in [-0.3, -0.25) is 0 Å². The predicted molar refractivity (Wildman–Crippen MR) is 52.0 cm³/mol. The second-order valence-corrected chi connectivity index (χ2v) is 2.08. The Balaban J connectivity index is 0.00000121. The first-order valence-corrected chi connectivity index (χ1v) is 3.24. The molecule has 3 heteroatoms. The van der Waals surface area contributed by atoms with Gasteiger partial charge in [-0.25, -0.2) is 0 Å². The Morgan fingerprint density at radius 2 is 1.92 bits per heavy atom. The molecule has 1 aromatic carbocycles. The normalized spacial score (nSPS) is 7.58. The summed E-state index contributed by atoms with van der Waals surface area (Å²) in [7, 11) is 0. The molecule has 12 heavy (non-hydrogen) atoms. The second kappa shape index (κ2) is 6.41. The van der Waals surface area contributed by atoms with Crippen molar-refractivity contribution in [3.05, 3.63) is 42.6 Å². The van der Waals surface area contributed by atoms with E-state index in [9.17, 15) is 0 Å². The van der Waals surface area contributed by atoms with E-state index >= 15 is 0 Å². The van der Waals surface area contributed by atoms with E-state index in [2.05, 4.69) is 11.9 Å². The van der Waals surface area contributed by atoms with Crippen molar-refractivity contribution in [3.63, 3.8) is 0 Å². The zero-order chi connectivity index (χ0) is 8.10. The Hall–Kier alpha value is -0.114. The summed E-state index contributed by atoms with van der Waals surface area (Å²) < 4.78 is 0. The Bertz CT molecular complexity index is 287. The van der Waals surface area contributed by atoms with Crippen molar-refractivity contribution in [2.75, 3.05) is 5.32 Å². The van der Waals surface area contributed by atoms with Crippen LogP contribution in [0.2, 0.25) is 0 Å². The summed E-state index contributed by atoms with van der Waals surface area (Å²) in [5, 5.41) is 11.2. The molecule has 0 bridgehead atoms. The Kier molecular flexibility index (Phi) is 6.35. The van der Waals surface area contributed by atoms with Crippen LogP contribution in [0.5, 0.6) is 0 Å². The molecule has 0 unspecified atom stereocenters. The van der Waals surface area contributed by atoms with Crippen LogP contribution in [0.3, 0.4) is 0 Å². The number of allylic oxidation sites excluding steroid dienone is 1. The number of hydrogen-bond acceptors (Lipinski definition) is 2. The van der Waals surface area contributed by atoms with Crippen molar-refractivity contribution in [2.45, 2.75) is 0 Å². The van der Waals surface area contributed by atoms with Gasteiger partial charge in [0.15, 0.2) is 0 Å². The van der Waals surface area contributed by atoms with Gasteiger partial charge in [0, 0.05) is 5.69 Å². The summed E-state index contributed by atoms with van der Waals surface area (Å²) >= 11 is 0. The zero-order valence-corrected chi connectivity index (χ0v) is 6.04. The van der Waals surface area contributed by atoms with Crippen LogP contribution >= 0.6 is 0 Å². The Morgan fingerprint density at radius 1 is 1.33 bits per heavy atom. The van der Waals surface area contributed by atoms with E-state index in [1.807, 2.05) is 36.4 Å². The molecule has 0 fully saturated rings. The molecule has 0 radical (unpaired) electrons. The van der Waals surface area contributed by atoms with Crippen molar-refractivity contribution in [2.24, 2.45) is 0 Å². The first-order valence-electron chi connectivity index (χ1n) is 3.24. The molecule has 0 saturated carbocycles. The summed E-state index contributed by atoms with van der Waals surface area (Å²) in [5.41, 5.74) is 1.25. The monoisotopic (exact) mass is 184 g/mol. The Labute approximate surface area is 115 Å². The molecule has 0 aliphatic heterocycles. The van der Waals surface area contributed by atoms with E-state index in [4.69, 9.17) is 5.26 Å². The van der Waals surface area contributed by atoms with E-state index in [1.54, 1.807) is 0 Å². The molecule has 0 amide bonds. The van der Waals surface area contributed by atoms with Crippen LogP contribution in [0.1, 0.15) is 0 Å². The van der Waals surface area contributed by atoms with Gasteiger partial charge in [0.2, 0.25) is 0 Å². The fourth-order valence-electron chi connectivity index (χ4n) is 0.724. The van der Waals surface area contributed by atoms with Crippen molar-refractivity contribution >= 4 is 57.1 Å². The third-order valence-corrected chi connectivity index (χ3v) is 1.20. The molecule has 1 rings (SSSR count). The summed E-state index contributed by atoms with van der Waals surface area (Å²) in [4.78, 5) is 0. The molecule has 0 heterocycles. The van der Waals surface area contributed by atoms with Crippen LogP contribution in [0.4, 0.5) is 5.69 Å². The van der Waals surface area contributed by atoms with E-state index in [0.717, 1.165) is 5.69 Å². The van der Waals surface area contributed by atoms with Crippen LogP contribution in [0.25, 0.3) is 0 Å². The molecular weight excluding hydrogens is 175 g/mol. The molecule has 0 saturated heterocycles. The molecule has 0 aliphatic rings. The third-order valence-electron chi connectivity index (χ3n) is 1.20. The van der Waals surface area contributed by atoms with Gasteiger partial charge < -0.3 is 5.32 Å². The van der Waals surface area contributed by atoms with Crippen LogP contribution in [0, 0.1) is 11.3 Å².